The molecule has 0 saturated carbocycles. The Balaban J connectivity index is 0.00000184. The zero-order valence-electron chi connectivity index (χ0n) is 18.7. The fourth-order valence-corrected chi connectivity index (χ4v) is 2.71. The molecule has 0 radical (unpaired) electrons. The summed E-state index contributed by atoms with van der Waals surface area (Å²) in [6.07, 6.45) is 1.70. The van der Waals surface area contributed by atoms with Gasteiger partial charge in [-0.1, -0.05) is 27.7 Å². The Bertz CT molecular complexity index is 699. The number of carbonyl (C=O) groups excluding carboxylic acids is 1. The number of aromatic nitrogens is 2. The monoisotopic (exact) mass is 424 g/mol. The van der Waals surface area contributed by atoms with Crippen LogP contribution in [0.3, 0.4) is 0 Å². The smallest absolute Gasteiger partial charge is 0.358 e. The molecule has 0 aliphatic carbocycles. The maximum absolute atomic E-state index is 12.1. The van der Waals surface area contributed by atoms with Gasteiger partial charge in [0.1, 0.15) is 16.4 Å². The average molecular weight is 425 g/mol. The second kappa shape index (κ2) is 14.9. The number of hydrogen-bond donors (Lipinski definition) is 2. The molecule has 29 heavy (non-hydrogen) atoms. The largest absolute Gasteiger partial charge is 0.455 e. The lowest BCUT2D eigenvalue weighted by Crippen LogP contribution is -2.24. The molecule has 7 nitrogen and oxygen atoms in total. The molecule has 0 atom stereocenters. The number of esters is 1. The number of carbonyl (C=O) groups is 1. The van der Waals surface area contributed by atoms with E-state index in [0.717, 1.165) is 16.4 Å². The molecule has 0 saturated heterocycles. The number of rotatable bonds is 8. The zero-order chi connectivity index (χ0) is 22.3. The van der Waals surface area contributed by atoms with Gasteiger partial charge in [-0.05, 0) is 32.9 Å². The molecule has 164 valence electrons. The van der Waals surface area contributed by atoms with Crippen LogP contribution in [0.5, 0.6) is 0 Å². The first kappa shape index (κ1) is 27.0. The molecule has 0 unspecified atom stereocenters. The van der Waals surface area contributed by atoms with Crippen LogP contribution in [0, 0.1) is 0 Å². The van der Waals surface area contributed by atoms with Crippen molar-refractivity contribution in [3.63, 3.8) is 0 Å². The van der Waals surface area contributed by atoms with Crippen LogP contribution in [0.15, 0.2) is 23.7 Å². The first-order valence-electron chi connectivity index (χ1n) is 10.1. The highest BCUT2D eigenvalue weighted by atomic mass is 32.1. The summed E-state index contributed by atoms with van der Waals surface area (Å²) in [4.78, 5) is 20.7. The molecule has 0 fully saturated rings. The van der Waals surface area contributed by atoms with Gasteiger partial charge in [0.25, 0.3) is 0 Å². The molecule has 0 spiro atoms. The minimum atomic E-state index is -0.541. The third-order valence-corrected chi connectivity index (χ3v) is 3.83. The Morgan fingerprint density at radius 3 is 2.52 bits per heavy atom. The van der Waals surface area contributed by atoms with Crippen LogP contribution in [-0.2, 0) is 9.47 Å². The SMILES string of the molecule is CC.CC.CC(C)(C)OC(=O)c1csc(-c2ccnc(NCCOCCN)c2)n1. The predicted molar refractivity (Wildman–Crippen MR) is 122 cm³/mol. The third kappa shape index (κ3) is 10.9. The summed E-state index contributed by atoms with van der Waals surface area (Å²) < 4.78 is 10.7. The molecule has 3 N–H and O–H groups in total. The molecule has 2 aromatic rings. The minimum Gasteiger partial charge on any atom is -0.455 e. The Morgan fingerprint density at radius 1 is 1.21 bits per heavy atom. The summed E-state index contributed by atoms with van der Waals surface area (Å²) in [7, 11) is 0. The van der Waals surface area contributed by atoms with Crippen LogP contribution in [0.1, 0.15) is 59.0 Å². The van der Waals surface area contributed by atoms with Gasteiger partial charge in [-0.2, -0.15) is 0 Å². The van der Waals surface area contributed by atoms with E-state index in [2.05, 4.69) is 15.3 Å². The summed E-state index contributed by atoms with van der Waals surface area (Å²) in [6, 6.07) is 3.74. The van der Waals surface area contributed by atoms with Gasteiger partial charge in [0, 0.05) is 30.2 Å². The highest BCUT2D eigenvalue weighted by Crippen LogP contribution is 2.26. The molecule has 2 aromatic heterocycles. The van der Waals surface area contributed by atoms with E-state index in [1.165, 1.54) is 11.3 Å². The highest BCUT2D eigenvalue weighted by molar-refractivity contribution is 7.13. The maximum Gasteiger partial charge on any atom is 0.358 e. The number of nitrogens with one attached hydrogen (secondary N) is 1. The summed E-state index contributed by atoms with van der Waals surface area (Å²) in [5.74, 6) is 0.308. The second-order valence-corrected chi connectivity index (χ2v) is 7.16. The van der Waals surface area contributed by atoms with Crippen LogP contribution < -0.4 is 11.1 Å². The number of hydrogen-bond acceptors (Lipinski definition) is 8. The van der Waals surface area contributed by atoms with Gasteiger partial charge >= 0.3 is 5.97 Å². The van der Waals surface area contributed by atoms with E-state index in [0.29, 0.717) is 32.0 Å². The standard InChI is InChI=1S/C17H24N4O3S.2C2H6/c1-17(2,3)24-16(22)13-11-25-15(21-13)12-4-6-19-14(10-12)20-7-9-23-8-5-18;2*1-2/h4,6,10-11H,5,7-9,18H2,1-3H3,(H,19,20);2*1-2H3. The van der Waals surface area contributed by atoms with Crippen molar-refractivity contribution in [2.75, 3.05) is 31.6 Å². The van der Waals surface area contributed by atoms with Gasteiger partial charge in [-0.3, -0.25) is 0 Å². The predicted octanol–water partition coefficient (Wildman–Crippen LogP) is 4.60. The summed E-state index contributed by atoms with van der Waals surface area (Å²) in [5.41, 5.74) is 6.03. The van der Waals surface area contributed by atoms with Gasteiger partial charge in [0.15, 0.2) is 5.69 Å². The molecule has 0 aliphatic rings. The number of nitrogens with two attached hydrogens (primary N) is 1. The first-order valence-corrected chi connectivity index (χ1v) is 10.9. The van der Waals surface area contributed by atoms with Gasteiger partial charge in [-0.25, -0.2) is 14.8 Å². The van der Waals surface area contributed by atoms with Crippen molar-refractivity contribution in [2.24, 2.45) is 5.73 Å². The molecule has 8 heteroatoms. The van der Waals surface area contributed by atoms with Crippen LogP contribution in [0.4, 0.5) is 5.82 Å². The highest BCUT2D eigenvalue weighted by Gasteiger charge is 2.20. The van der Waals surface area contributed by atoms with Crippen molar-refractivity contribution < 1.29 is 14.3 Å². The second-order valence-electron chi connectivity index (χ2n) is 6.30. The first-order chi connectivity index (χ1) is 13.9. The van der Waals surface area contributed by atoms with E-state index >= 15 is 0 Å². The number of thiazole rings is 1. The van der Waals surface area contributed by atoms with Crippen LogP contribution in [-0.4, -0.2) is 47.8 Å². The van der Waals surface area contributed by atoms with E-state index in [-0.39, 0.29) is 0 Å². The van der Waals surface area contributed by atoms with Crippen LogP contribution in [0.2, 0.25) is 0 Å². The normalized spacial score (nSPS) is 10.2. The molecule has 2 rings (SSSR count). The fraction of sp³-hybridized carbons (Fsp3) is 0.571. The number of ether oxygens (including phenoxy) is 2. The minimum absolute atomic E-state index is 0.316. The zero-order valence-corrected chi connectivity index (χ0v) is 19.6. The van der Waals surface area contributed by atoms with Crippen molar-refractivity contribution in [3.8, 4) is 10.6 Å². The van der Waals surface area contributed by atoms with E-state index in [9.17, 15) is 4.79 Å². The molecule has 0 aromatic carbocycles. The Labute approximate surface area is 179 Å². The van der Waals surface area contributed by atoms with E-state index < -0.39 is 11.6 Å². The van der Waals surface area contributed by atoms with Crippen molar-refractivity contribution >= 4 is 23.1 Å². The van der Waals surface area contributed by atoms with E-state index in [1.54, 1.807) is 11.6 Å². The van der Waals surface area contributed by atoms with E-state index in [4.69, 9.17) is 15.2 Å². The maximum atomic E-state index is 12.1. The van der Waals surface area contributed by atoms with E-state index in [1.807, 2.05) is 60.6 Å². The van der Waals surface area contributed by atoms with Crippen molar-refractivity contribution in [2.45, 2.75) is 54.1 Å². The molecule has 2 heterocycles. The number of nitrogens with zero attached hydrogens (tertiary/aromatic N) is 2. The van der Waals surface area contributed by atoms with Gasteiger partial charge in [0.2, 0.25) is 0 Å². The molecule has 0 amide bonds. The lowest BCUT2D eigenvalue weighted by atomic mass is 10.2. The molecule has 0 bridgehead atoms. The molecular formula is C21H36N4O3S. The number of pyridine rings is 1. The quantitative estimate of drug-likeness (QED) is 0.472. The summed E-state index contributed by atoms with van der Waals surface area (Å²) >= 11 is 1.39. The van der Waals surface area contributed by atoms with Crippen molar-refractivity contribution in [1.29, 1.82) is 0 Å². The van der Waals surface area contributed by atoms with Gasteiger partial charge in [0.05, 0.1) is 13.2 Å². The van der Waals surface area contributed by atoms with Crippen LogP contribution in [0.25, 0.3) is 10.6 Å². The Hall–Kier alpha value is -2.03. The Kier molecular flexibility index (Phi) is 13.9. The Morgan fingerprint density at radius 2 is 1.90 bits per heavy atom. The summed E-state index contributed by atoms with van der Waals surface area (Å²) in [5, 5.41) is 5.63. The van der Waals surface area contributed by atoms with Crippen molar-refractivity contribution in [3.05, 3.63) is 29.4 Å². The average Bonchev–Trinajstić information content (AvgIpc) is 3.20. The lowest BCUT2D eigenvalue weighted by molar-refractivity contribution is 0.00638. The summed E-state index contributed by atoms with van der Waals surface area (Å²) in [6.45, 7) is 15.7. The molecular weight excluding hydrogens is 388 g/mol. The van der Waals surface area contributed by atoms with Gasteiger partial charge in [-0.15, -0.1) is 11.3 Å². The van der Waals surface area contributed by atoms with Crippen molar-refractivity contribution in [1.82, 2.24) is 9.97 Å². The topological polar surface area (TPSA) is 99.4 Å². The fourth-order valence-electron chi connectivity index (χ4n) is 1.93. The van der Waals surface area contributed by atoms with Gasteiger partial charge < -0.3 is 20.5 Å². The third-order valence-electron chi connectivity index (χ3n) is 2.93. The van der Waals surface area contributed by atoms with Crippen LogP contribution >= 0.6 is 11.3 Å². The number of anilines is 1. The lowest BCUT2D eigenvalue weighted by Gasteiger charge is -2.18. The molecule has 0 aliphatic heterocycles.